The third-order valence-electron chi connectivity index (χ3n) is 2.95. The lowest BCUT2D eigenvalue weighted by Crippen LogP contribution is -2.04. The highest BCUT2D eigenvalue weighted by atomic mass is 16.5. The molecule has 0 spiro atoms. The van der Waals surface area contributed by atoms with Crippen LogP contribution in [0.4, 0.5) is 0 Å². The molecule has 0 fully saturated rings. The van der Waals surface area contributed by atoms with Crippen LogP contribution < -0.4 is 10.5 Å². The molecule has 0 unspecified atom stereocenters. The topological polar surface area (TPSA) is 35.2 Å². The quantitative estimate of drug-likeness (QED) is 0.876. The zero-order valence-electron chi connectivity index (χ0n) is 10.9. The van der Waals surface area contributed by atoms with Gasteiger partial charge in [-0.15, -0.1) is 0 Å². The maximum atomic E-state index is 5.81. The molecule has 94 valence electrons. The molecule has 18 heavy (non-hydrogen) atoms. The van der Waals surface area contributed by atoms with E-state index in [1.165, 1.54) is 5.56 Å². The summed E-state index contributed by atoms with van der Waals surface area (Å²) in [6.45, 7) is 4.11. The molecule has 0 saturated carbocycles. The largest absolute Gasteiger partial charge is 0.457 e. The Bertz CT molecular complexity index is 503. The van der Waals surface area contributed by atoms with E-state index in [0.29, 0.717) is 0 Å². The van der Waals surface area contributed by atoms with E-state index in [2.05, 4.69) is 19.1 Å². The van der Waals surface area contributed by atoms with E-state index in [-0.39, 0.29) is 6.04 Å². The van der Waals surface area contributed by atoms with Gasteiger partial charge in [0, 0.05) is 6.04 Å². The van der Waals surface area contributed by atoms with Crippen LogP contribution in [-0.2, 0) is 6.42 Å². The van der Waals surface area contributed by atoms with Crippen molar-refractivity contribution in [2.45, 2.75) is 26.3 Å². The molecule has 2 aromatic rings. The van der Waals surface area contributed by atoms with E-state index < -0.39 is 0 Å². The lowest BCUT2D eigenvalue weighted by Gasteiger charge is -2.09. The van der Waals surface area contributed by atoms with Crippen molar-refractivity contribution >= 4 is 0 Å². The Morgan fingerprint density at radius 3 is 2.39 bits per heavy atom. The smallest absolute Gasteiger partial charge is 0.127 e. The van der Waals surface area contributed by atoms with Crippen LogP contribution in [0.2, 0.25) is 0 Å². The standard InChI is InChI=1S/C16H19NO/c1-3-13-5-4-6-16(11-13)18-15-9-7-14(8-10-15)12(2)17/h4-12H,3,17H2,1-2H3/t12-/m1/s1. The monoisotopic (exact) mass is 241 g/mol. The summed E-state index contributed by atoms with van der Waals surface area (Å²) >= 11 is 0. The second kappa shape index (κ2) is 5.69. The Balaban J connectivity index is 2.13. The summed E-state index contributed by atoms with van der Waals surface area (Å²) in [5.74, 6) is 1.72. The first kappa shape index (κ1) is 12.7. The zero-order valence-corrected chi connectivity index (χ0v) is 10.9. The first-order valence-corrected chi connectivity index (χ1v) is 6.31. The molecule has 0 saturated heterocycles. The van der Waals surface area contributed by atoms with Gasteiger partial charge < -0.3 is 10.5 Å². The minimum Gasteiger partial charge on any atom is -0.457 e. The number of ether oxygens (including phenoxy) is 1. The lowest BCUT2D eigenvalue weighted by molar-refractivity contribution is 0.481. The van der Waals surface area contributed by atoms with Crippen LogP contribution in [0.1, 0.15) is 31.0 Å². The molecule has 0 aliphatic heterocycles. The highest BCUT2D eigenvalue weighted by Gasteiger charge is 2.01. The van der Waals surface area contributed by atoms with E-state index in [0.717, 1.165) is 23.5 Å². The molecule has 2 N–H and O–H groups in total. The third kappa shape index (κ3) is 3.11. The van der Waals surface area contributed by atoms with Gasteiger partial charge in [0.25, 0.3) is 0 Å². The van der Waals surface area contributed by atoms with Crippen molar-refractivity contribution in [1.82, 2.24) is 0 Å². The summed E-state index contributed by atoms with van der Waals surface area (Å²) in [5.41, 5.74) is 8.21. The van der Waals surface area contributed by atoms with Gasteiger partial charge in [-0.1, -0.05) is 31.2 Å². The number of nitrogens with two attached hydrogens (primary N) is 1. The van der Waals surface area contributed by atoms with Gasteiger partial charge in [0.2, 0.25) is 0 Å². The summed E-state index contributed by atoms with van der Waals surface area (Å²) < 4.78 is 5.81. The molecule has 2 rings (SSSR count). The summed E-state index contributed by atoms with van der Waals surface area (Å²) in [4.78, 5) is 0. The van der Waals surface area contributed by atoms with E-state index >= 15 is 0 Å². The summed E-state index contributed by atoms with van der Waals surface area (Å²) in [6.07, 6.45) is 1.01. The van der Waals surface area contributed by atoms with Gasteiger partial charge in [-0.05, 0) is 48.7 Å². The maximum absolute atomic E-state index is 5.81. The Morgan fingerprint density at radius 2 is 1.78 bits per heavy atom. The first-order valence-electron chi connectivity index (χ1n) is 6.31. The number of hydrogen-bond acceptors (Lipinski definition) is 2. The molecule has 0 aromatic heterocycles. The van der Waals surface area contributed by atoms with Crippen LogP contribution in [0.5, 0.6) is 11.5 Å². The summed E-state index contributed by atoms with van der Waals surface area (Å²) in [6, 6.07) is 16.1. The van der Waals surface area contributed by atoms with Crippen molar-refractivity contribution < 1.29 is 4.74 Å². The fourth-order valence-electron chi connectivity index (χ4n) is 1.80. The lowest BCUT2D eigenvalue weighted by atomic mass is 10.1. The molecule has 0 aliphatic carbocycles. The molecule has 0 bridgehead atoms. The molecular formula is C16H19NO. The van der Waals surface area contributed by atoms with Crippen molar-refractivity contribution in [1.29, 1.82) is 0 Å². The Labute approximate surface area is 108 Å². The van der Waals surface area contributed by atoms with Gasteiger partial charge in [-0.25, -0.2) is 0 Å². The van der Waals surface area contributed by atoms with Crippen LogP contribution in [0.15, 0.2) is 48.5 Å². The highest BCUT2D eigenvalue weighted by Crippen LogP contribution is 2.23. The number of aryl methyl sites for hydroxylation is 1. The molecule has 0 radical (unpaired) electrons. The Morgan fingerprint density at radius 1 is 1.06 bits per heavy atom. The maximum Gasteiger partial charge on any atom is 0.127 e. The van der Waals surface area contributed by atoms with Crippen LogP contribution in [-0.4, -0.2) is 0 Å². The van der Waals surface area contributed by atoms with Crippen molar-refractivity contribution in [2.24, 2.45) is 5.73 Å². The predicted molar refractivity (Wildman–Crippen MR) is 74.9 cm³/mol. The second-order valence-corrected chi connectivity index (χ2v) is 4.46. The Kier molecular flexibility index (Phi) is 4.00. The highest BCUT2D eigenvalue weighted by molar-refractivity contribution is 5.35. The van der Waals surface area contributed by atoms with Crippen molar-refractivity contribution in [3.8, 4) is 11.5 Å². The summed E-state index contributed by atoms with van der Waals surface area (Å²) in [5, 5.41) is 0. The molecule has 1 atom stereocenters. The van der Waals surface area contributed by atoms with Crippen LogP contribution in [0.25, 0.3) is 0 Å². The van der Waals surface area contributed by atoms with Gasteiger partial charge in [0.1, 0.15) is 11.5 Å². The van der Waals surface area contributed by atoms with E-state index in [1.54, 1.807) is 0 Å². The van der Waals surface area contributed by atoms with E-state index in [4.69, 9.17) is 10.5 Å². The average Bonchev–Trinajstić information content (AvgIpc) is 2.39. The predicted octanol–water partition coefficient (Wildman–Crippen LogP) is 4.06. The van der Waals surface area contributed by atoms with Gasteiger partial charge in [-0.3, -0.25) is 0 Å². The van der Waals surface area contributed by atoms with E-state index in [1.807, 2.05) is 43.3 Å². The fourth-order valence-corrected chi connectivity index (χ4v) is 1.80. The SMILES string of the molecule is CCc1cccc(Oc2ccc([C@@H](C)N)cc2)c1. The zero-order chi connectivity index (χ0) is 13.0. The van der Waals surface area contributed by atoms with Crippen LogP contribution in [0.3, 0.4) is 0 Å². The van der Waals surface area contributed by atoms with Gasteiger partial charge in [0.15, 0.2) is 0 Å². The number of hydrogen-bond donors (Lipinski definition) is 1. The number of benzene rings is 2. The van der Waals surface area contributed by atoms with Gasteiger partial charge in [0.05, 0.1) is 0 Å². The average molecular weight is 241 g/mol. The number of rotatable bonds is 4. The molecule has 0 heterocycles. The normalized spacial score (nSPS) is 12.2. The molecule has 2 heteroatoms. The third-order valence-corrected chi connectivity index (χ3v) is 2.95. The Hall–Kier alpha value is -1.80. The summed E-state index contributed by atoms with van der Waals surface area (Å²) in [7, 11) is 0. The fraction of sp³-hybridized carbons (Fsp3) is 0.250. The van der Waals surface area contributed by atoms with Gasteiger partial charge >= 0.3 is 0 Å². The first-order chi connectivity index (χ1) is 8.69. The van der Waals surface area contributed by atoms with E-state index in [9.17, 15) is 0 Å². The van der Waals surface area contributed by atoms with Crippen molar-refractivity contribution in [3.05, 3.63) is 59.7 Å². The van der Waals surface area contributed by atoms with Crippen LogP contribution in [0, 0.1) is 0 Å². The van der Waals surface area contributed by atoms with Crippen LogP contribution >= 0.6 is 0 Å². The minimum absolute atomic E-state index is 0.0578. The molecule has 2 nitrogen and oxygen atoms in total. The van der Waals surface area contributed by atoms with Gasteiger partial charge in [-0.2, -0.15) is 0 Å². The van der Waals surface area contributed by atoms with Crippen molar-refractivity contribution in [2.75, 3.05) is 0 Å². The molecule has 0 aliphatic rings. The second-order valence-electron chi connectivity index (χ2n) is 4.46. The van der Waals surface area contributed by atoms with Crippen molar-refractivity contribution in [3.63, 3.8) is 0 Å². The molecule has 2 aromatic carbocycles. The molecular weight excluding hydrogens is 222 g/mol. The minimum atomic E-state index is 0.0578. The molecule has 0 amide bonds.